The highest BCUT2D eigenvalue weighted by Gasteiger charge is 2.15. The Kier molecular flexibility index (Phi) is 4.07. The molecule has 3 rings (SSSR count). The number of rotatable bonds is 3. The molecule has 0 aliphatic carbocycles. The molecule has 0 atom stereocenters. The number of nitrogens with two attached hydrogens (primary N) is 1. The third-order valence-electron chi connectivity index (χ3n) is 3.66. The van der Waals surface area contributed by atoms with Crippen molar-refractivity contribution in [1.29, 1.82) is 0 Å². The minimum absolute atomic E-state index is 0.178. The zero-order chi connectivity index (χ0) is 18.2. The van der Waals surface area contributed by atoms with Crippen molar-refractivity contribution in [2.75, 3.05) is 11.1 Å². The Hall–Kier alpha value is -3.10. The number of amides is 1. The van der Waals surface area contributed by atoms with Crippen molar-refractivity contribution in [2.24, 2.45) is 0 Å². The van der Waals surface area contributed by atoms with Gasteiger partial charge in [-0.1, -0.05) is 12.1 Å². The van der Waals surface area contributed by atoms with Crippen LogP contribution in [0, 0.1) is 0 Å². The van der Waals surface area contributed by atoms with Gasteiger partial charge in [0.2, 0.25) is 0 Å². The van der Waals surface area contributed by atoms with E-state index < -0.39 is 16.0 Å². The SMILES string of the molecule is Nc1cccc(C(=O)Nc2ccc(O)c3cc(S(=O)(=O)O)ccc23)c1. The second-order valence-corrected chi connectivity index (χ2v) is 6.82. The van der Waals surface area contributed by atoms with E-state index in [1.165, 1.54) is 30.3 Å². The first kappa shape index (κ1) is 16.7. The van der Waals surface area contributed by atoms with Crippen LogP contribution < -0.4 is 11.1 Å². The fraction of sp³-hybridized carbons (Fsp3) is 0. The quantitative estimate of drug-likeness (QED) is 0.323. The van der Waals surface area contributed by atoms with E-state index in [9.17, 15) is 18.3 Å². The summed E-state index contributed by atoms with van der Waals surface area (Å²) in [5.41, 5.74) is 6.84. The number of carbonyl (C=O) groups is 1. The number of hydrogen-bond donors (Lipinski definition) is 4. The second kappa shape index (κ2) is 6.08. The lowest BCUT2D eigenvalue weighted by molar-refractivity contribution is 0.102. The molecule has 0 heterocycles. The van der Waals surface area contributed by atoms with Gasteiger partial charge in [-0.2, -0.15) is 8.42 Å². The largest absolute Gasteiger partial charge is 0.507 e. The van der Waals surface area contributed by atoms with Gasteiger partial charge in [0.15, 0.2) is 0 Å². The Labute approximate surface area is 143 Å². The summed E-state index contributed by atoms with van der Waals surface area (Å²) < 4.78 is 31.7. The number of aromatic hydroxyl groups is 1. The maximum atomic E-state index is 12.4. The van der Waals surface area contributed by atoms with Gasteiger partial charge >= 0.3 is 0 Å². The van der Waals surface area contributed by atoms with Crippen LogP contribution in [-0.4, -0.2) is 24.0 Å². The molecule has 0 aromatic heterocycles. The summed E-state index contributed by atoms with van der Waals surface area (Å²) in [7, 11) is -4.41. The minimum atomic E-state index is -4.41. The molecule has 1 amide bonds. The Bertz CT molecular complexity index is 1090. The normalized spacial score (nSPS) is 11.4. The molecule has 3 aromatic carbocycles. The standard InChI is InChI=1S/C17H14N2O5S/c18-11-3-1-2-10(8-11)17(21)19-15-6-7-16(20)14-9-12(25(22,23)24)4-5-13(14)15/h1-9,20H,18H2,(H,19,21)(H,22,23,24). The van der Waals surface area contributed by atoms with Crippen LogP contribution in [0.25, 0.3) is 10.8 Å². The van der Waals surface area contributed by atoms with Crippen molar-refractivity contribution in [3.63, 3.8) is 0 Å². The Morgan fingerprint density at radius 3 is 2.44 bits per heavy atom. The van der Waals surface area contributed by atoms with Crippen molar-refractivity contribution >= 4 is 38.2 Å². The van der Waals surface area contributed by atoms with Crippen molar-refractivity contribution < 1.29 is 22.9 Å². The van der Waals surface area contributed by atoms with Gasteiger partial charge < -0.3 is 16.2 Å². The lowest BCUT2D eigenvalue weighted by atomic mass is 10.1. The van der Waals surface area contributed by atoms with Crippen molar-refractivity contribution in [3.05, 3.63) is 60.2 Å². The van der Waals surface area contributed by atoms with Gasteiger partial charge in [-0.15, -0.1) is 0 Å². The average Bonchev–Trinajstić information content (AvgIpc) is 2.56. The van der Waals surface area contributed by atoms with Crippen LogP contribution in [0.3, 0.4) is 0 Å². The molecule has 0 saturated heterocycles. The van der Waals surface area contributed by atoms with Gasteiger partial charge in [0, 0.05) is 27.7 Å². The predicted molar refractivity (Wildman–Crippen MR) is 94.2 cm³/mol. The van der Waals surface area contributed by atoms with E-state index in [1.54, 1.807) is 18.2 Å². The van der Waals surface area contributed by atoms with E-state index in [0.717, 1.165) is 6.07 Å². The lowest BCUT2D eigenvalue weighted by Crippen LogP contribution is -2.12. The van der Waals surface area contributed by atoms with Crippen LogP contribution in [0.5, 0.6) is 5.75 Å². The molecular formula is C17H14N2O5S. The number of nitrogens with one attached hydrogen (secondary N) is 1. The van der Waals surface area contributed by atoms with E-state index in [4.69, 9.17) is 10.3 Å². The molecule has 0 bridgehead atoms. The zero-order valence-electron chi connectivity index (χ0n) is 12.8. The second-order valence-electron chi connectivity index (χ2n) is 5.39. The smallest absolute Gasteiger partial charge is 0.294 e. The molecule has 7 nitrogen and oxygen atoms in total. The van der Waals surface area contributed by atoms with Gasteiger partial charge in [-0.25, -0.2) is 0 Å². The van der Waals surface area contributed by atoms with E-state index in [-0.39, 0.29) is 16.0 Å². The third-order valence-corrected chi connectivity index (χ3v) is 4.51. The molecular weight excluding hydrogens is 344 g/mol. The van der Waals surface area contributed by atoms with Gasteiger partial charge in [0.25, 0.3) is 16.0 Å². The molecule has 0 fully saturated rings. The van der Waals surface area contributed by atoms with Crippen LogP contribution in [0.15, 0.2) is 59.5 Å². The number of hydrogen-bond acceptors (Lipinski definition) is 5. The predicted octanol–water partition coefficient (Wildman–Crippen LogP) is 2.63. The molecule has 0 aliphatic heterocycles. The first-order chi connectivity index (χ1) is 11.8. The number of fused-ring (bicyclic) bond motifs is 1. The summed E-state index contributed by atoms with van der Waals surface area (Å²) in [6.07, 6.45) is 0. The first-order valence-corrected chi connectivity index (χ1v) is 8.60. The fourth-order valence-electron chi connectivity index (χ4n) is 2.46. The van der Waals surface area contributed by atoms with E-state index in [2.05, 4.69) is 5.32 Å². The van der Waals surface area contributed by atoms with Crippen molar-refractivity contribution in [1.82, 2.24) is 0 Å². The highest BCUT2D eigenvalue weighted by atomic mass is 32.2. The van der Waals surface area contributed by atoms with Crippen LogP contribution >= 0.6 is 0 Å². The highest BCUT2D eigenvalue weighted by molar-refractivity contribution is 7.85. The van der Waals surface area contributed by atoms with Gasteiger partial charge in [0.05, 0.1) is 4.90 Å². The maximum absolute atomic E-state index is 12.4. The molecule has 0 radical (unpaired) electrons. The van der Waals surface area contributed by atoms with Crippen LogP contribution in [0.2, 0.25) is 0 Å². The van der Waals surface area contributed by atoms with Gasteiger partial charge in [-0.3, -0.25) is 9.35 Å². The number of benzene rings is 3. The summed E-state index contributed by atoms with van der Waals surface area (Å²) in [4.78, 5) is 12.0. The molecule has 0 aliphatic rings. The Morgan fingerprint density at radius 2 is 1.76 bits per heavy atom. The first-order valence-electron chi connectivity index (χ1n) is 7.16. The van der Waals surface area contributed by atoms with Crippen LogP contribution in [-0.2, 0) is 10.1 Å². The summed E-state index contributed by atoms with van der Waals surface area (Å²) in [5.74, 6) is -0.583. The Morgan fingerprint density at radius 1 is 1.00 bits per heavy atom. The van der Waals surface area contributed by atoms with Crippen LogP contribution in [0.1, 0.15) is 10.4 Å². The fourth-order valence-corrected chi connectivity index (χ4v) is 2.96. The molecule has 8 heteroatoms. The third kappa shape index (κ3) is 3.39. The maximum Gasteiger partial charge on any atom is 0.294 e. The number of phenolic OH excluding ortho intramolecular Hbond substituents is 1. The average molecular weight is 358 g/mol. The van der Waals surface area contributed by atoms with Crippen molar-refractivity contribution in [3.8, 4) is 5.75 Å². The number of carbonyl (C=O) groups excluding carboxylic acids is 1. The molecule has 0 unspecified atom stereocenters. The van der Waals surface area contributed by atoms with E-state index in [1.807, 2.05) is 0 Å². The molecule has 0 spiro atoms. The molecule has 5 N–H and O–H groups in total. The molecule has 25 heavy (non-hydrogen) atoms. The van der Waals surface area contributed by atoms with Crippen LogP contribution in [0.4, 0.5) is 11.4 Å². The topological polar surface area (TPSA) is 130 Å². The van der Waals surface area contributed by atoms with Gasteiger partial charge in [-0.05, 0) is 42.5 Å². The highest BCUT2D eigenvalue weighted by Crippen LogP contribution is 2.33. The lowest BCUT2D eigenvalue weighted by Gasteiger charge is -2.11. The zero-order valence-corrected chi connectivity index (χ0v) is 13.6. The summed E-state index contributed by atoms with van der Waals surface area (Å²) in [5, 5.41) is 13.3. The summed E-state index contributed by atoms with van der Waals surface area (Å²) >= 11 is 0. The Balaban J connectivity index is 2.05. The van der Waals surface area contributed by atoms with Gasteiger partial charge in [0.1, 0.15) is 5.75 Å². The number of nitrogen functional groups attached to an aromatic ring is 1. The number of phenols is 1. The van der Waals surface area contributed by atoms with E-state index in [0.29, 0.717) is 22.3 Å². The number of anilines is 2. The van der Waals surface area contributed by atoms with Crippen molar-refractivity contribution in [2.45, 2.75) is 4.90 Å². The molecule has 0 saturated carbocycles. The monoisotopic (exact) mass is 358 g/mol. The minimum Gasteiger partial charge on any atom is -0.507 e. The summed E-state index contributed by atoms with van der Waals surface area (Å²) in [6, 6.07) is 13.0. The van der Waals surface area contributed by atoms with E-state index >= 15 is 0 Å². The molecule has 128 valence electrons. The molecule has 3 aromatic rings. The summed E-state index contributed by atoms with van der Waals surface area (Å²) in [6.45, 7) is 0.